The number of amides is 1. The Morgan fingerprint density at radius 1 is 0.868 bits per heavy atom. The summed E-state index contributed by atoms with van der Waals surface area (Å²) >= 11 is 0. The van der Waals surface area contributed by atoms with Gasteiger partial charge in [0, 0.05) is 51.4 Å². The van der Waals surface area contributed by atoms with Gasteiger partial charge in [-0.1, -0.05) is 60.7 Å². The van der Waals surface area contributed by atoms with Crippen LogP contribution < -0.4 is 4.74 Å². The molecule has 1 aliphatic heterocycles. The average Bonchev–Trinajstić information content (AvgIpc) is 2.93. The molecular formula is C32H34FN3O2. The highest BCUT2D eigenvalue weighted by Crippen LogP contribution is 2.21. The molecule has 0 N–H and O–H groups in total. The van der Waals surface area contributed by atoms with E-state index >= 15 is 0 Å². The Bertz CT molecular complexity index is 1380. The van der Waals surface area contributed by atoms with Gasteiger partial charge in [0.05, 0.1) is 0 Å². The van der Waals surface area contributed by atoms with E-state index < -0.39 is 0 Å². The minimum absolute atomic E-state index is 0.109. The highest BCUT2D eigenvalue weighted by atomic mass is 19.1. The molecule has 1 saturated heterocycles. The maximum absolute atomic E-state index is 13.5. The number of rotatable bonds is 9. The van der Waals surface area contributed by atoms with Crippen LogP contribution in [0.5, 0.6) is 5.75 Å². The molecule has 196 valence electrons. The second-order valence-electron chi connectivity index (χ2n) is 9.95. The van der Waals surface area contributed by atoms with Crippen molar-refractivity contribution in [3.8, 4) is 5.75 Å². The van der Waals surface area contributed by atoms with Crippen LogP contribution >= 0.6 is 0 Å². The summed E-state index contributed by atoms with van der Waals surface area (Å²) in [5.41, 5.74) is 2.95. The number of benzene rings is 4. The molecule has 1 heterocycles. The second-order valence-corrected chi connectivity index (χ2v) is 9.95. The lowest BCUT2D eigenvalue weighted by Crippen LogP contribution is -2.49. The van der Waals surface area contributed by atoms with E-state index in [1.807, 2.05) is 12.1 Å². The third-order valence-electron chi connectivity index (χ3n) is 7.08. The van der Waals surface area contributed by atoms with Crippen molar-refractivity contribution in [3.05, 3.63) is 114 Å². The minimum Gasteiger partial charge on any atom is -0.492 e. The fraction of sp³-hybridized carbons (Fsp3) is 0.281. The van der Waals surface area contributed by atoms with E-state index in [0.29, 0.717) is 25.3 Å². The number of ether oxygens (including phenoxy) is 1. The van der Waals surface area contributed by atoms with Crippen molar-refractivity contribution in [2.75, 3.05) is 46.4 Å². The first kappa shape index (κ1) is 25.9. The van der Waals surface area contributed by atoms with Crippen molar-refractivity contribution < 1.29 is 13.9 Å². The summed E-state index contributed by atoms with van der Waals surface area (Å²) in [6.07, 6.45) is 0. The topological polar surface area (TPSA) is 36.0 Å². The lowest BCUT2D eigenvalue weighted by atomic mass is 10.0. The number of fused-ring (bicyclic) bond motifs is 1. The number of carbonyl (C=O) groups is 1. The molecule has 5 nitrogen and oxygen atoms in total. The van der Waals surface area contributed by atoms with E-state index in [4.69, 9.17) is 4.74 Å². The van der Waals surface area contributed by atoms with Crippen LogP contribution in [0, 0.1) is 5.82 Å². The van der Waals surface area contributed by atoms with E-state index in [9.17, 15) is 9.18 Å². The Hall–Kier alpha value is -3.74. The van der Waals surface area contributed by atoms with Crippen LogP contribution in [0.4, 0.5) is 4.39 Å². The molecule has 0 spiro atoms. The van der Waals surface area contributed by atoms with Crippen LogP contribution in [0.15, 0.2) is 91.0 Å². The zero-order valence-corrected chi connectivity index (χ0v) is 21.9. The first-order valence-corrected chi connectivity index (χ1v) is 13.2. The van der Waals surface area contributed by atoms with E-state index in [0.717, 1.165) is 38.5 Å². The van der Waals surface area contributed by atoms with Crippen LogP contribution in [0.25, 0.3) is 10.8 Å². The monoisotopic (exact) mass is 511 g/mol. The van der Waals surface area contributed by atoms with Gasteiger partial charge in [0.25, 0.3) is 5.91 Å². The zero-order valence-electron chi connectivity index (χ0n) is 21.9. The molecule has 1 fully saturated rings. The van der Waals surface area contributed by atoms with E-state index in [1.165, 1.54) is 34.0 Å². The van der Waals surface area contributed by atoms with E-state index in [2.05, 4.69) is 71.4 Å². The maximum Gasteiger partial charge on any atom is 0.254 e. The molecule has 0 bridgehead atoms. The number of carbonyl (C=O) groups excluding carboxylic acids is 1. The molecule has 0 unspecified atom stereocenters. The van der Waals surface area contributed by atoms with Crippen molar-refractivity contribution in [3.63, 3.8) is 0 Å². The van der Waals surface area contributed by atoms with Gasteiger partial charge in [-0.15, -0.1) is 0 Å². The van der Waals surface area contributed by atoms with Crippen molar-refractivity contribution in [2.24, 2.45) is 0 Å². The lowest BCUT2D eigenvalue weighted by molar-refractivity contribution is 0.0620. The van der Waals surface area contributed by atoms with Gasteiger partial charge in [-0.2, -0.15) is 0 Å². The third kappa shape index (κ3) is 6.57. The quantitative estimate of drug-likeness (QED) is 0.300. The van der Waals surface area contributed by atoms with Crippen LogP contribution in [0.1, 0.15) is 21.5 Å². The number of hydrogen-bond acceptors (Lipinski definition) is 4. The van der Waals surface area contributed by atoms with E-state index in [-0.39, 0.29) is 11.7 Å². The van der Waals surface area contributed by atoms with Crippen LogP contribution in [0.2, 0.25) is 0 Å². The Labute approximate surface area is 224 Å². The first-order valence-electron chi connectivity index (χ1n) is 13.2. The molecule has 0 aromatic heterocycles. The van der Waals surface area contributed by atoms with E-state index in [1.54, 1.807) is 17.0 Å². The van der Waals surface area contributed by atoms with Gasteiger partial charge < -0.3 is 9.64 Å². The molecule has 6 heteroatoms. The fourth-order valence-corrected chi connectivity index (χ4v) is 5.09. The largest absolute Gasteiger partial charge is 0.492 e. The summed E-state index contributed by atoms with van der Waals surface area (Å²) in [6, 6.07) is 29.2. The van der Waals surface area contributed by atoms with Crippen molar-refractivity contribution in [1.82, 2.24) is 14.7 Å². The van der Waals surface area contributed by atoms with Crippen molar-refractivity contribution in [2.45, 2.75) is 13.1 Å². The molecule has 4 aromatic rings. The summed E-state index contributed by atoms with van der Waals surface area (Å²) in [5, 5.41) is 2.58. The third-order valence-corrected chi connectivity index (χ3v) is 7.08. The summed E-state index contributed by atoms with van der Waals surface area (Å²) < 4.78 is 19.5. The molecule has 4 aromatic carbocycles. The lowest BCUT2D eigenvalue weighted by Gasteiger charge is -2.34. The predicted octanol–water partition coefficient (Wildman–Crippen LogP) is 5.45. The highest BCUT2D eigenvalue weighted by molar-refractivity contribution is 5.94. The van der Waals surface area contributed by atoms with Gasteiger partial charge in [0.1, 0.15) is 18.2 Å². The summed E-state index contributed by atoms with van der Waals surface area (Å²) in [5.74, 6) is 0.385. The minimum atomic E-state index is -0.382. The molecule has 1 amide bonds. The predicted molar refractivity (Wildman–Crippen MR) is 150 cm³/mol. The molecule has 0 aliphatic carbocycles. The second kappa shape index (κ2) is 12.2. The molecule has 0 atom stereocenters. The summed E-state index contributed by atoms with van der Waals surface area (Å²) in [7, 11) is 2.15. The van der Waals surface area contributed by atoms with Gasteiger partial charge in [-0.25, -0.2) is 4.39 Å². The van der Waals surface area contributed by atoms with Gasteiger partial charge in [-0.3, -0.25) is 14.6 Å². The molecule has 0 radical (unpaired) electrons. The Morgan fingerprint density at radius 2 is 1.63 bits per heavy atom. The normalized spacial score (nSPS) is 14.2. The van der Waals surface area contributed by atoms with Crippen molar-refractivity contribution >= 4 is 16.7 Å². The molecule has 5 rings (SSSR count). The maximum atomic E-state index is 13.5. The number of hydrogen-bond donors (Lipinski definition) is 0. The standard InChI is InChI=1S/C32H34FN3O2/c1-34(24-28-11-5-9-26-8-2-3-14-31(26)28)23-25-7-4-13-30(21-25)38-20-19-35-15-17-36(18-16-35)32(37)27-10-6-12-29(33)22-27/h2-14,21-22H,15-20,23-24H2,1H3. The fourth-order valence-electron chi connectivity index (χ4n) is 5.09. The Kier molecular flexibility index (Phi) is 8.31. The molecule has 0 saturated carbocycles. The van der Waals surface area contributed by atoms with Crippen LogP contribution in [0.3, 0.4) is 0 Å². The van der Waals surface area contributed by atoms with Gasteiger partial charge in [0.15, 0.2) is 0 Å². The summed E-state index contributed by atoms with van der Waals surface area (Å²) in [6.45, 7) is 5.93. The Morgan fingerprint density at radius 3 is 2.47 bits per heavy atom. The smallest absolute Gasteiger partial charge is 0.254 e. The Balaban J connectivity index is 1.07. The van der Waals surface area contributed by atoms with Gasteiger partial charge in [0.2, 0.25) is 0 Å². The molecule has 1 aliphatic rings. The van der Waals surface area contributed by atoms with Crippen LogP contribution in [-0.4, -0.2) is 67.0 Å². The highest BCUT2D eigenvalue weighted by Gasteiger charge is 2.22. The number of piperazine rings is 1. The summed E-state index contributed by atoms with van der Waals surface area (Å²) in [4.78, 5) is 19.1. The zero-order chi connectivity index (χ0) is 26.3. The van der Waals surface area contributed by atoms with Gasteiger partial charge in [-0.05, 0) is 59.3 Å². The van der Waals surface area contributed by atoms with Gasteiger partial charge >= 0.3 is 0 Å². The molecule has 38 heavy (non-hydrogen) atoms. The SMILES string of the molecule is CN(Cc1cccc(OCCN2CCN(C(=O)c3cccc(F)c3)CC2)c1)Cc1cccc2ccccc12. The molecular weight excluding hydrogens is 477 g/mol. The number of nitrogens with zero attached hydrogens (tertiary/aromatic N) is 3. The van der Waals surface area contributed by atoms with Crippen molar-refractivity contribution in [1.29, 1.82) is 0 Å². The van der Waals surface area contributed by atoms with Crippen LogP contribution in [-0.2, 0) is 13.1 Å². The first-order chi connectivity index (χ1) is 18.5. The average molecular weight is 512 g/mol. The number of halogens is 1.